The summed E-state index contributed by atoms with van der Waals surface area (Å²) in [7, 11) is -3.15. The van der Waals surface area contributed by atoms with Crippen LogP contribution in [0.15, 0.2) is 30.3 Å². The summed E-state index contributed by atoms with van der Waals surface area (Å²) in [5.74, 6) is 1.93. The molecule has 36 heavy (non-hydrogen) atoms. The predicted molar refractivity (Wildman–Crippen MR) is 139 cm³/mol. The van der Waals surface area contributed by atoms with Gasteiger partial charge in [0.25, 0.3) is 5.91 Å². The Bertz CT molecular complexity index is 1230. The van der Waals surface area contributed by atoms with Crippen LogP contribution in [-0.4, -0.2) is 62.7 Å². The fraction of sp³-hybridized carbons (Fsp3) is 0.556. The van der Waals surface area contributed by atoms with Gasteiger partial charge >= 0.3 is 0 Å². The van der Waals surface area contributed by atoms with Gasteiger partial charge in [-0.15, -0.1) is 0 Å². The third-order valence-electron chi connectivity index (χ3n) is 7.88. The molecule has 1 saturated heterocycles. The van der Waals surface area contributed by atoms with Gasteiger partial charge in [-0.2, -0.15) is 0 Å². The Morgan fingerprint density at radius 1 is 1.00 bits per heavy atom. The van der Waals surface area contributed by atoms with Crippen molar-refractivity contribution in [3.8, 4) is 5.88 Å². The Balaban J connectivity index is 1.14. The fourth-order valence-corrected chi connectivity index (χ4v) is 6.26. The molecular formula is C27H34N4O4S. The lowest BCUT2D eigenvalue weighted by atomic mass is 9.98. The average Bonchev–Trinajstić information content (AvgIpc) is 3.78. The Labute approximate surface area is 213 Å². The van der Waals surface area contributed by atoms with Gasteiger partial charge in [-0.1, -0.05) is 6.07 Å². The van der Waals surface area contributed by atoms with E-state index in [9.17, 15) is 13.2 Å². The Hall–Kier alpha value is -2.65. The van der Waals surface area contributed by atoms with Gasteiger partial charge in [-0.05, 0) is 91.7 Å². The summed E-state index contributed by atoms with van der Waals surface area (Å²) in [5, 5.41) is 2.99. The molecule has 6 rings (SSSR count). The molecule has 1 aromatic heterocycles. The number of hydrogen-bond donors (Lipinski definition) is 1. The molecule has 1 aromatic carbocycles. The monoisotopic (exact) mass is 510 g/mol. The first-order valence-electron chi connectivity index (χ1n) is 13.1. The van der Waals surface area contributed by atoms with E-state index in [0.29, 0.717) is 49.7 Å². The highest BCUT2D eigenvalue weighted by atomic mass is 32.2. The minimum atomic E-state index is -3.15. The second-order valence-corrected chi connectivity index (χ2v) is 12.7. The molecule has 3 heterocycles. The maximum Gasteiger partial charge on any atom is 0.270 e. The van der Waals surface area contributed by atoms with Crippen molar-refractivity contribution in [2.75, 3.05) is 43.9 Å². The number of carbonyl (C=O) groups excluding carboxylic acids is 1. The number of hydrogen-bond acceptors (Lipinski definition) is 6. The number of nitrogens with zero attached hydrogens (tertiary/aromatic N) is 3. The molecule has 1 amide bonds. The molecule has 0 unspecified atom stereocenters. The summed E-state index contributed by atoms with van der Waals surface area (Å²) in [6, 6.07) is 10.8. The van der Waals surface area contributed by atoms with E-state index in [1.165, 1.54) is 53.1 Å². The molecule has 2 aliphatic carbocycles. The summed E-state index contributed by atoms with van der Waals surface area (Å²) in [6.07, 6.45) is 7.86. The summed E-state index contributed by atoms with van der Waals surface area (Å²) in [6.45, 7) is 2.80. The van der Waals surface area contributed by atoms with Crippen molar-refractivity contribution < 1.29 is 17.9 Å². The Kier molecular flexibility index (Phi) is 6.16. The zero-order valence-electron chi connectivity index (χ0n) is 20.8. The van der Waals surface area contributed by atoms with E-state index < -0.39 is 10.0 Å². The Morgan fingerprint density at radius 3 is 2.28 bits per heavy atom. The van der Waals surface area contributed by atoms with Crippen LogP contribution in [0.3, 0.4) is 0 Å². The highest BCUT2D eigenvalue weighted by Crippen LogP contribution is 2.47. The Morgan fingerprint density at radius 2 is 1.67 bits per heavy atom. The highest BCUT2D eigenvalue weighted by molar-refractivity contribution is 7.88. The normalized spacial score (nSPS) is 21.1. The maximum absolute atomic E-state index is 12.9. The fourth-order valence-electron chi connectivity index (χ4n) is 5.39. The van der Waals surface area contributed by atoms with E-state index in [4.69, 9.17) is 4.74 Å². The molecule has 3 fully saturated rings. The third-order valence-corrected chi connectivity index (χ3v) is 9.19. The van der Waals surface area contributed by atoms with Crippen molar-refractivity contribution in [1.29, 1.82) is 0 Å². The van der Waals surface area contributed by atoms with Crippen LogP contribution in [0.2, 0.25) is 0 Å². The van der Waals surface area contributed by atoms with Crippen LogP contribution in [0, 0.1) is 5.92 Å². The zero-order chi connectivity index (χ0) is 24.9. The first kappa shape index (κ1) is 23.7. The van der Waals surface area contributed by atoms with Gasteiger partial charge in [0, 0.05) is 25.3 Å². The molecule has 2 aromatic rings. The second kappa shape index (κ2) is 9.34. The SMILES string of the molecule is CS(=O)(=O)N1CCC(CNC(=O)c2ccc3c(n2)OCCN3c2cc(C3CC3)cc(C3CC3)c2)CC1. The standard InChI is InChI=1S/C27H34N4O4S/c1-36(33,34)30-10-8-18(9-11-30)17-28-26(32)24-6-7-25-27(29-24)35-13-12-31(25)23-15-21(19-2-3-19)14-22(16-23)20-4-5-20/h6-7,14-16,18-20H,2-5,8-13,17H2,1H3,(H,28,32). The van der Waals surface area contributed by atoms with Gasteiger partial charge in [0.05, 0.1) is 12.8 Å². The topological polar surface area (TPSA) is 91.8 Å². The molecular weight excluding hydrogens is 476 g/mol. The number of aromatic nitrogens is 1. The lowest BCUT2D eigenvalue weighted by Crippen LogP contribution is -2.41. The van der Waals surface area contributed by atoms with Gasteiger partial charge in [0.1, 0.15) is 18.0 Å². The van der Waals surface area contributed by atoms with E-state index >= 15 is 0 Å². The van der Waals surface area contributed by atoms with Crippen molar-refractivity contribution >= 4 is 27.3 Å². The second-order valence-electron chi connectivity index (χ2n) is 10.7. The lowest BCUT2D eigenvalue weighted by Gasteiger charge is -2.31. The summed E-state index contributed by atoms with van der Waals surface area (Å²) in [4.78, 5) is 19.7. The highest BCUT2D eigenvalue weighted by Gasteiger charge is 2.31. The van der Waals surface area contributed by atoms with E-state index in [-0.39, 0.29) is 11.8 Å². The number of rotatable bonds is 7. The van der Waals surface area contributed by atoms with Crippen LogP contribution in [-0.2, 0) is 10.0 Å². The van der Waals surface area contributed by atoms with Crippen LogP contribution in [0.25, 0.3) is 0 Å². The molecule has 192 valence electrons. The van der Waals surface area contributed by atoms with E-state index in [2.05, 4.69) is 33.4 Å². The van der Waals surface area contributed by atoms with Gasteiger partial charge in [-0.3, -0.25) is 4.79 Å². The molecule has 4 aliphatic rings. The van der Waals surface area contributed by atoms with Crippen molar-refractivity contribution in [1.82, 2.24) is 14.6 Å². The van der Waals surface area contributed by atoms with Gasteiger partial charge in [0.2, 0.25) is 15.9 Å². The predicted octanol–water partition coefficient (Wildman–Crippen LogP) is 3.77. The number of nitrogens with one attached hydrogen (secondary N) is 1. The largest absolute Gasteiger partial charge is 0.474 e. The molecule has 0 bridgehead atoms. The molecule has 2 aliphatic heterocycles. The number of pyridine rings is 1. The van der Waals surface area contributed by atoms with E-state index in [1.54, 1.807) is 6.07 Å². The van der Waals surface area contributed by atoms with Crippen molar-refractivity contribution in [2.24, 2.45) is 5.92 Å². The number of benzene rings is 1. The first-order chi connectivity index (χ1) is 17.3. The van der Waals surface area contributed by atoms with Crippen LogP contribution in [0.4, 0.5) is 11.4 Å². The lowest BCUT2D eigenvalue weighted by molar-refractivity contribution is 0.0935. The quantitative estimate of drug-likeness (QED) is 0.610. The first-order valence-corrected chi connectivity index (χ1v) is 15.0. The van der Waals surface area contributed by atoms with Crippen LogP contribution in [0.1, 0.15) is 72.0 Å². The number of carbonyl (C=O) groups is 1. The van der Waals surface area contributed by atoms with E-state index in [0.717, 1.165) is 25.1 Å². The number of anilines is 2. The van der Waals surface area contributed by atoms with E-state index in [1.807, 2.05) is 6.07 Å². The van der Waals surface area contributed by atoms with Gasteiger partial charge in [-0.25, -0.2) is 17.7 Å². The molecule has 0 spiro atoms. The molecule has 9 heteroatoms. The molecule has 8 nitrogen and oxygen atoms in total. The third kappa shape index (κ3) is 5.09. The minimum Gasteiger partial charge on any atom is -0.474 e. The van der Waals surface area contributed by atoms with Crippen LogP contribution < -0.4 is 15.0 Å². The van der Waals surface area contributed by atoms with Gasteiger partial charge < -0.3 is 15.0 Å². The summed E-state index contributed by atoms with van der Waals surface area (Å²) >= 11 is 0. The number of amides is 1. The van der Waals surface area contributed by atoms with Crippen molar-refractivity contribution in [3.05, 3.63) is 47.2 Å². The number of fused-ring (bicyclic) bond motifs is 1. The van der Waals surface area contributed by atoms with Gasteiger partial charge in [0.15, 0.2) is 0 Å². The number of ether oxygens (including phenoxy) is 1. The average molecular weight is 511 g/mol. The molecule has 0 radical (unpaired) electrons. The van der Waals surface area contributed by atoms with Crippen molar-refractivity contribution in [2.45, 2.75) is 50.4 Å². The molecule has 2 saturated carbocycles. The summed E-state index contributed by atoms with van der Waals surface area (Å²) < 4.78 is 30.8. The molecule has 1 N–H and O–H groups in total. The van der Waals surface area contributed by atoms with Crippen molar-refractivity contribution in [3.63, 3.8) is 0 Å². The maximum atomic E-state index is 12.9. The van der Waals surface area contributed by atoms with Crippen LogP contribution in [0.5, 0.6) is 5.88 Å². The number of piperidine rings is 1. The minimum absolute atomic E-state index is 0.226. The molecule has 0 atom stereocenters. The summed E-state index contributed by atoms with van der Waals surface area (Å²) in [5.41, 5.74) is 5.35. The smallest absolute Gasteiger partial charge is 0.270 e. The number of sulfonamides is 1. The zero-order valence-corrected chi connectivity index (χ0v) is 21.6. The van der Waals surface area contributed by atoms with Crippen LogP contribution >= 0.6 is 0 Å².